The van der Waals surface area contributed by atoms with Crippen LogP contribution in [-0.2, 0) is 45.1 Å². The Kier molecular flexibility index (Phi) is 19.7. The maximum atomic E-state index is 13.1. The number of nitrogen functional groups attached to an aromatic ring is 1. The number of thiazole rings is 1. The van der Waals surface area contributed by atoms with Crippen LogP contribution in [0.2, 0.25) is 0 Å². The first-order chi connectivity index (χ1) is 26.3. The molecular formula is C32H47F3N8O11S2. The largest absolute Gasteiger partial charge is 0.493 e. The second kappa shape index (κ2) is 22.5. The molecule has 24 heteroatoms. The van der Waals surface area contributed by atoms with Crippen molar-refractivity contribution >= 4 is 56.5 Å². The highest BCUT2D eigenvalue weighted by molar-refractivity contribution is 7.80. The van der Waals surface area contributed by atoms with E-state index in [9.17, 15) is 31.2 Å². The van der Waals surface area contributed by atoms with Crippen LogP contribution in [0, 0.1) is 5.92 Å². The minimum Gasteiger partial charge on any atom is -0.493 e. The van der Waals surface area contributed by atoms with Crippen LogP contribution in [0.3, 0.4) is 0 Å². The van der Waals surface area contributed by atoms with Crippen molar-refractivity contribution in [2.75, 3.05) is 39.1 Å². The summed E-state index contributed by atoms with van der Waals surface area (Å²) in [6.45, 7) is 15.3. The number of β-lactam (4-membered cyclic amide) rings is 1. The Bertz CT molecular complexity index is 1880. The number of anilines is 1. The summed E-state index contributed by atoms with van der Waals surface area (Å²) in [6.07, 6.45) is 0.306. The van der Waals surface area contributed by atoms with E-state index in [0.717, 1.165) is 49.3 Å². The summed E-state index contributed by atoms with van der Waals surface area (Å²) >= 11 is 1.07. The Morgan fingerprint density at radius 1 is 1.20 bits per heavy atom. The number of nitrogens with two attached hydrogens (primary N) is 1. The highest BCUT2D eigenvalue weighted by atomic mass is 32.3. The van der Waals surface area contributed by atoms with Crippen molar-refractivity contribution in [3.63, 3.8) is 0 Å². The molecule has 56 heavy (non-hydrogen) atoms. The molecule has 6 N–H and O–H groups in total. The summed E-state index contributed by atoms with van der Waals surface area (Å²) < 4.78 is 80.4. The second-order valence-corrected chi connectivity index (χ2v) is 13.1. The topological polar surface area (TPSA) is 259 Å². The smallest absolute Gasteiger partial charge is 0.448 e. The fourth-order valence-corrected chi connectivity index (χ4v) is 5.44. The summed E-state index contributed by atoms with van der Waals surface area (Å²) in [5.41, 5.74) is 6.08. The highest BCUT2D eigenvalue weighted by Crippen LogP contribution is 2.33. The number of amides is 2. The van der Waals surface area contributed by atoms with Crippen LogP contribution in [0.5, 0.6) is 5.75 Å². The number of methoxy groups -OCH3 is 1. The van der Waals surface area contributed by atoms with Crippen LogP contribution < -0.4 is 21.1 Å². The van der Waals surface area contributed by atoms with Crippen molar-refractivity contribution in [3.05, 3.63) is 53.6 Å². The zero-order valence-corrected chi connectivity index (χ0v) is 33.3. The number of carboxylic acid groups (broad SMARTS) is 1. The third-order valence-corrected chi connectivity index (χ3v) is 8.11. The first-order valence-corrected chi connectivity index (χ1v) is 19.0. The average Bonchev–Trinajstić information content (AvgIpc) is 3.75. The number of aromatic nitrogens is 3. The van der Waals surface area contributed by atoms with Gasteiger partial charge >= 0.3 is 16.6 Å². The lowest BCUT2D eigenvalue weighted by Gasteiger charge is -2.50. The van der Waals surface area contributed by atoms with Crippen molar-refractivity contribution in [2.45, 2.75) is 65.7 Å². The number of carbonyl (C=O) groups excluding carboxylic acids is 2. The van der Waals surface area contributed by atoms with Gasteiger partial charge in [0.05, 0.1) is 24.5 Å². The number of alkyl halides is 3. The number of fused-ring (bicyclic) bond motifs is 1. The Hall–Kier alpha value is -5.04. The van der Waals surface area contributed by atoms with E-state index >= 15 is 0 Å². The predicted octanol–water partition coefficient (Wildman–Crippen LogP) is 3.24. The van der Waals surface area contributed by atoms with Crippen LogP contribution >= 0.6 is 11.3 Å². The van der Waals surface area contributed by atoms with Gasteiger partial charge in [0.1, 0.15) is 29.7 Å². The number of oxime groups is 1. The maximum Gasteiger partial charge on any atom is 0.448 e. The maximum absolute atomic E-state index is 13.1. The first-order valence-electron chi connectivity index (χ1n) is 16.7. The van der Waals surface area contributed by atoms with Crippen LogP contribution in [0.25, 0.3) is 5.65 Å². The number of hydrogen-bond donors (Lipinski definition) is 5. The minimum absolute atomic E-state index is 0.0257. The fourth-order valence-electron chi connectivity index (χ4n) is 4.44. The van der Waals surface area contributed by atoms with Crippen LogP contribution in [0.4, 0.5) is 18.3 Å². The Morgan fingerprint density at radius 3 is 2.29 bits per heavy atom. The molecule has 0 bridgehead atoms. The van der Waals surface area contributed by atoms with E-state index in [0.29, 0.717) is 16.7 Å². The van der Waals surface area contributed by atoms with Gasteiger partial charge in [-0.3, -0.25) is 18.9 Å². The summed E-state index contributed by atoms with van der Waals surface area (Å²) in [6, 6.07) is 2.46. The van der Waals surface area contributed by atoms with Gasteiger partial charge in [-0.25, -0.2) is 9.97 Å². The van der Waals surface area contributed by atoms with Crippen molar-refractivity contribution in [2.24, 2.45) is 11.1 Å². The van der Waals surface area contributed by atoms with Gasteiger partial charge in [0.25, 0.3) is 18.3 Å². The van der Waals surface area contributed by atoms with Crippen LogP contribution in [-0.4, -0.2) is 113 Å². The molecule has 2 amide bonds. The van der Waals surface area contributed by atoms with E-state index in [-0.39, 0.29) is 36.2 Å². The van der Waals surface area contributed by atoms with Crippen molar-refractivity contribution in [3.8, 4) is 5.75 Å². The van der Waals surface area contributed by atoms with Gasteiger partial charge in [-0.1, -0.05) is 39.4 Å². The number of hydroxylamine groups is 2. The molecule has 0 aromatic carbocycles. The molecule has 0 aliphatic carbocycles. The number of imidazole rings is 1. The van der Waals surface area contributed by atoms with E-state index < -0.39 is 45.7 Å². The third kappa shape index (κ3) is 14.6. The standard InChI is InChI=1S/C23H28N8O8S2.C4H5F3O.2C2H6.CH2O2/c1-23(2)19(21(33)31(23)39-41(34,35)36)28-20(32)18(16-12-40-22(24)27-16)29-38-6-5-37-15-3-4-17-26-14(10-30(17)11-15)7-13-8-25-9-13;1-3(8-2)4(5,6)7;2*1-2;2-1-3/h3-4,10-13,19,25H,5-9H2,1-2H3,(H2,24,27)(H,28,32)(H,34,35,36);1H2,2H3;2*1-2H3;1H,(H,2,3)/b29-18-;;;;. The molecule has 2 fully saturated rings. The number of rotatable bonds is 13. The molecule has 3 aromatic rings. The number of nitrogens with zero attached hydrogens (tertiary/aromatic N) is 5. The number of carbonyl (C=O) groups is 3. The van der Waals surface area contributed by atoms with Crippen molar-refractivity contribution in [1.29, 1.82) is 0 Å². The van der Waals surface area contributed by atoms with Crippen molar-refractivity contribution < 1.29 is 64.2 Å². The van der Waals surface area contributed by atoms with Gasteiger partial charge in [-0.05, 0) is 51.4 Å². The summed E-state index contributed by atoms with van der Waals surface area (Å²) in [4.78, 5) is 47.9. The minimum atomic E-state index is -4.94. The average molecular weight is 841 g/mol. The molecule has 1 unspecified atom stereocenters. The molecule has 3 aromatic heterocycles. The van der Waals surface area contributed by atoms with Gasteiger partial charge in [0.15, 0.2) is 23.2 Å². The number of ether oxygens (including phenoxy) is 2. The quantitative estimate of drug-likeness (QED) is 0.0315. The lowest BCUT2D eigenvalue weighted by atomic mass is 9.84. The SMILES string of the molecule is C=C(OC)C(F)(F)F.CC.CC.CC1(C)C(NC(=O)/C(=N\OCCOc2ccc3nc(CC4CNC4)cn3c2)c2csc(N)n2)C(=O)N1OS(=O)(=O)O.O=CO. The number of pyridine rings is 1. The Morgan fingerprint density at radius 2 is 1.82 bits per heavy atom. The molecule has 2 aliphatic rings. The zero-order chi connectivity index (χ0) is 42.9. The Balaban J connectivity index is 0.000000902. The second-order valence-electron chi connectivity index (χ2n) is 11.2. The first kappa shape index (κ1) is 49.0. The molecule has 5 rings (SSSR count). The fraction of sp³-hybridized carbons (Fsp3) is 0.500. The van der Waals surface area contributed by atoms with E-state index in [1.54, 1.807) is 6.07 Å². The van der Waals surface area contributed by atoms with Gasteiger partial charge < -0.3 is 40.2 Å². The van der Waals surface area contributed by atoms with Crippen molar-refractivity contribution in [1.82, 2.24) is 30.1 Å². The molecule has 314 valence electrons. The van der Waals surface area contributed by atoms with Gasteiger partial charge in [0.2, 0.25) is 0 Å². The number of nitrogens with one attached hydrogen (secondary N) is 2. The Labute approximate surface area is 325 Å². The normalized spacial score (nSPS) is 16.0. The van der Waals surface area contributed by atoms with E-state index in [4.69, 9.17) is 29.8 Å². The number of hydrogen-bond acceptors (Lipinski definition) is 15. The van der Waals surface area contributed by atoms with E-state index in [2.05, 4.69) is 41.4 Å². The van der Waals surface area contributed by atoms with Crippen LogP contribution in [0.15, 0.2) is 47.4 Å². The monoisotopic (exact) mass is 840 g/mol. The van der Waals surface area contributed by atoms with Gasteiger partial charge in [0, 0.05) is 11.6 Å². The predicted molar refractivity (Wildman–Crippen MR) is 199 cm³/mol. The summed E-state index contributed by atoms with van der Waals surface area (Å²) in [5.74, 6) is -1.69. The molecule has 19 nitrogen and oxygen atoms in total. The van der Waals surface area contributed by atoms with Gasteiger partial charge in [-0.2, -0.15) is 26.7 Å². The molecule has 2 saturated heterocycles. The molecule has 1 atom stereocenters. The zero-order valence-electron chi connectivity index (χ0n) is 31.7. The molecule has 2 aliphatic heterocycles. The van der Waals surface area contributed by atoms with Crippen LogP contribution in [0.1, 0.15) is 52.9 Å². The van der Waals surface area contributed by atoms with Gasteiger partial charge in [-0.15, -0.1) is 15.6 Å². The highest BCUT2D eigenvalue weighted by Gasteiger charge is 2.58. The molecule has 5 heterocycles. The number of allylic oxidation sites excluding steroid dienone is 1. The molecule has 0 spiro atoms. The molecule has 0 saturated carbocycles. The lowest BCUT2D eigenvalue weighted by molar-refractivity contribution is -0.218. The third-order valence-electron chi connectivity index (χ3n) is 7.10. The number of halogens is 3. The summed E-state index contributed by atoms with van der Waals surface area (Å²) in [5, 5.41) is 18.6. The molecular weight excluding hydrogens is 794 g/mol. The van der Waals surface area contributed by atoms with E-state index in [1.807, 2.05) is 50.6 Å². The summed E-state index contributed by atoms with van der Waals surface area (Å²) in [7, 11) is -4.01. The lowest BCUT2D eigenvalue weighted by Crippen LogP contribution is -2.76. The van der Waals surface area contributed by atoms with E-state index in [1.165, 1.54) is 19.2 Å². The molecule has 0 radical (unpaired) electrons.